The molecule has 0 heterocycles. The Morgan fingerprint density at radius 3 is 2.07 bits per heavy atom. The molecule has 1 nitrogen and oxygen atoms in total. The van der Waals surface area contributed by atoms with E-state index in [1.165, 1.54) is 6.42 Å². The van der Waals surface area contributed by atoms with Crippen molar-refractivity contribution in [1.29, 1.82) is 0 Å². The molecule has 0 aliphatic heterocycles. The highest BCUT2D eigenvalue weighted by molar-refractivity contribution is 5.10. The van der Waals surface area contributed by atoms with E-state index in [9.17, 15) is 0 Å². The van der Waals surface area contributed by atoms with Crippen LogP contribution < -0.4 is 0 Å². The van der Waals surface area contributed by atoms with Crippen LogP contribution in [0.1, 0.15) is 48.0 Å². The van der Waals surface area contributed by atoms with Crippen LogP contribution in [0.3, 0.4) is 0 Å². The van der Waals surface area contributed by atoms with Gasteiger partial charge in [0.1, 0.15) is 0 Å². The van der Waals surface area contributed by atoms with Crippen LogP contribution in [-0.4, -0.2) is 24.5 Å². The van der Waals surface area contributed by atoms with Gasteiger partial charge < -0.3 is 0 Å². The van der Waals surface area contributed by atoms with E-state index in [0.717, 1.165) is 25.6 Å². The van der Waals surface area contributed by atoms with Gasteiger partial charge in [0.2, 0.25) is 0 Å². The Morgan fingerprint density at radius 1 is 1.13 bits per heavy atom. The Kier molecular flexibility index (Phi) is 6.68. The fraction of sp³-hybridized carbons (Fsp3) is 0.857. The molecule has 0 aromatic rings. The van der Waals surface area contributed by atoms with Crippen LogP contribution in [0.25, 0.3) is 0 Å². The number of hydrogen-bond acceptors (Lipinski definition) is 1. The maximum absolute atomic E-state index is 3.40. The average Bonchev–Trinajstić information content (AvgIpc) is 2.10. The van der Waals surface area contributed by atoms with Gasteiger partial charge in [0.15, 0.2) is 0 Å². The molecule has 0 atom stereocenters. The molecule has 0 amide bonds. The van der Waals surface area contributed by atoms with E-state index in [0.29, 0.717) is 0 Å². The van der Waals surface area contributed by atoms with Crippen LogP contribution >= 0.6 is 0 Å². The van der Waals surface area contributed by atoms with Crippen molar-refractivity contribution in [3.63, 3.8) is 0 Å². The third-order valence-corrected chi connectivity index (χ3v) is 2.54. The van der Waals surface area contributed by atoms with Gasteiger partial charge in [0.05, 0.1) is 6.54 Å². The molecule has 0 unspecified atom stereocenters. The van der Waals surface area contributed by atoms with Crippen LogP contribution in [-0.2, 0) is 0 Å². The lowest BCUT2D eigenvalue weighted by atomic mass is 9.85. The number of rotatable bonds is 5. The Labute approximate surface area is 96.2 Å². The molecule has 0 aliphatic carbocycles. The lowest BCUT2D eigenvalue weighted by molar-refractivity contribution is 0.340. The largest absolute Gasteiger partial charge is 0.293 e. The van der Waals surface area contributed by atoms with Crippen LogP contribution in [0.15, 0.2) is 0 Å². The van der Waals surface area contributed by atoms with Gasteiger partial charge in [-0.1, -0.05) is 39.5 Å². The van der Waals surface area contributed by atoms with Gasteiger partial charge in [-0.25, -0.2) is 0 Å². The van der Waals surface area contributed by atoms with E-state index in [1.54, 1.807) is 0 Å². The summed E-state index contributed by atoms with van der Waals surface area (Å²) in [6.45, 7) is 16.5. The van der Waals surface area contributed by atoms with Crippen molar-refractivity contribution in [2.45, 2.75) is 48.0 Å². The van der Waals surface area contributed by atoms with E-state index >= 15 is 0 Å². The van der Waals surface area contributed by atoms with Crippen molar-refractivity contribution in [3.05, 3.63) is 0 Å². The highest BCUT2D eigenvalue weighted by Crippen LogP contribution is 2.23. The smallest absolute Gasteiger partial charge is 0.0601 e. The third kappa shape index (κ3) is 7.45. The molecule has 0 saturated carbocycles. The summed E-state index contributed by atoms with van der Waals surface area (Å²) in [6.07, 6.45) is 1.18. The fourth-order valence-electron chi connectivity index (χ4n) is 1.91. The van der Waals surface area contributed by atoms with E-state index in [2.05, 4.69) is 58.3 Å². The summed E-state index contributed by atoms with van der Waals surface area (Å²) in [5.74, 6) is 7.43. The summed E-state index contributed by atoms with van der Waals surface area (Å²) in [5.41, 5.74) is 0.168. The minimum atomic E-state index is 0.168. The van der Waals surface area contributed by atoms with Crippen LogP contribution in [0, 0.1) is 23.2 Å². The van der Waals surface area contributed by atoms with E-state index in [1.807, 2.05) is 0 Å². The Bertz CT molecular complexity index is 213. The normalized spacial score (nSPS) is 11.7. The lowest BCUT2D eigenvalue weighted by Crippen LogP contribution is -2.23. The van der Waals surface area contributed by atoms with Crippen molar-refractivity contribution in [1.82, 2.24) is 4.90 Å². The molecule has 88 valence electrons. The minimum absolute atomic E-state index is 0.168. The summed E-state index contributed by atoms with van der Waals surface area (Å²) in [4.78, 5) is 2.35. The SMILES string of the molecule is CCN(CC)CC#CC(C)(C)CC(C)C. The molecule has 0 aromatic heterocycles. The van der Waals surface area contributed by atoms with Crippen molar-refractivity contribution in [2.24, 2.45) is 11.3 Å². The summed E-state index contributed by atoms with van der Waals surface area (Å²) in [5, 5.41) is 0. The lowest BCUT2D eigenvalue weighted by Gasteiger charge is -2.20. The molecular weight excluding hydrogens is 182 g/mol. The van der Waals surface area contributed by atoms with Gasteiger partial charge in [-0.15, -0.1) is 0 Å². The van der Waals surface area contributed by atoms with Crippen molar-refractivity contribution >= 4 is 0 Å². The fourth-order valence-corrected chi connectivity index (χ4v) is 1.91. The molecule has 0 spiro atoms. The quantitative estimate of drug-likeness (QED) is 0.627. The first kappa shape index (κ1) is 14.5. The summed E-state index contributed by atoms with van der Waals surface area (Å²) >= 11 is 0. The van der Waals surface area contributed by atoms with Gasteiger partial charge >= 0.3 is 0 Å². The first-order chi connectivity index (χ1) is 6.91. The number of hydrogen-bond donors (Lipinski definition) is 0. The molecule has 0 aromatic carbocycles. The second-order valence-corrected chi connectivity index (χ2v) is 5.25. The third-order valence-electron chi connectivity index (χ3n) is 2.54. The summed E-state index contributed by atoms with van der Waals surface area (Å²) < 4.78 is 0. The van der Waals surface area contributed by atoms with E-state index in [4.69, 9.17) is 0 Å². The van der Waals surface area contributed by atoms with Crippen LogP contribution in [0.4, 0.5) is 0 Å². The van der Waals surface area contributed by atoms with Gasteiger partial charge in [-0.3, -0.25) is 4.90 Å². The molecule has 0 saturated heterocycles. The van der Waals surface area contributed by atoms with Crippen LogP contribution in [0.5, 0.6) is 0 Å². The number of nitrogens with zero attached hydrogens (tertiary/aromatic N) is 1. The highest BCUT2D eigenvalue weighted by Gasteiger charge is 2.15. The highest BCUT2D eigenvalue weighted by atomic mass is 15.1. The Morgan fingerprint density at radius 2 is 1.67 bits per heavy atom. The predicted octanol–water partition coefficient (Wildman–Crippen LogP) is 3.40. The maximum Gasteiger partial charge on any atom is 0.0601 e. The monoisotopic (exact) mass is 209 g/mol. The van der Waals surface area contributed by atoms with Gasteiger partial charge in [0.25, 0.3) is 0 Å². The Hall–Kier alpha value is -0.480. The first-order valence-electron chi connectivity index (χ1n) is 6.13. The standard InChI is InChI=1S/C14H27N/c1-7-15(8-2)11-9-10-14(5,6)12-13(3)4/h13H,7-8,11-12H2,1-6H3. The molecule has 0 aliphatic rings. The molecule has 0 bridgehead atoms. The van der Waals surface area contributed by atoms with Crippen LogP contribution in [0.2, 0.25) is 0 Å². The maximum atomic E-state index is 3.40. The second-order valence-electron chi connectivity index (χ2n) is 5.25. The second kappa shape index (κ2) is 6.90. The van der Waals surface area contributed by atoms with E-state index in [-0.39, 0.29) is 5.41 Å². The zero-order valence-electron chi connectivity index (χ0n) is 11.4. The molecule has 0 fully saturated rings. The van der Waals surface area contributed by atoms with Gasteiger partial charge in [-0.2, -0.15) is 0 Å². The van der Waals surface area contributed by atoms with Gasteiger partial charge in [0, 0.05) is 5.41 Å². The molecular formula is C14H27N. The van der Waals surface area contributed by atoms with Crippen molar-refractivity contribution in [3.8, 4) is 11.8 Å². The summed E-state index contributed by atoms with van der Waals surface area (Å²) in [7, 11) is 0. The molecule has 15 heavy (non-hydrogen) atoms. The molecule has 0 N–H and O–H groups in total. The Balaban J connectivity index is 4.13. The average molecular weight is 209 g/mol. The zero-order chi connectivity index (χ0) is 11.9. The minimum Gasteiger partial charge on any atom is -0.293 e. The first-order valence-corrected chi connectivity index (χ1v) is 6.13. The topological polar surface area (TPSA) is 3.24 Å². The molecule has 1 heteroatoms. The molecule has 0 rings (SSSR count). The predicted molar refractivity (Wildman–Crippen MR) is 68.8 cm³/mol. The summed E-state index contributed by atoms with van der Waals surface area (Å²) in [6, 6.07) is 0. The van der Waals surface area contributed by atoms with Crippen molar-refractivity contribution < 1.29 is 0 Å². The molecule has 0 radical (unpaired) electrons. The van der Waals surface area contributed by atoms with Crippen molar-refractivity contribution in [2.75, 3.05) is 19.6 Å². The zero-order valence-corrected chi connectivity index (χ0v) is 11.4. The van der Waals surface area contributed by atoms with Gasteiger partial charge in [-0.05, 0) is 39.3 Å². The van der Waals surface area contributed by atoms with E-state index < -0.39 is 0 Å².